The average molecular weight is 914 g/mol. The number of carbonyl (C=O) groups excluding carboxylic acids is 8. The van der Waals surface area contributed by atoms with Crippen molar-refractivity contribution in [2.24, 2.45) is 23.0 Å². The van der Waals surface area contributed by atoms with Gasteiger partial charge in [0.25, 0.3) is 5.91 Å². The second-order valence-electron chi connectivity index (χ2n) is 18.5. The number of hydrogen-bond acceptors (Lipinski definition) is 10. The SMILES string of the molecule is CCCC[C@H](NC(=O)[C@H](CC(C)C)NC(=O)[C@@H](NC(=O)[C@H](Cc1ccccc1C)NC(=O)[C@H](CCC(=O)O)NC(=O)[C@H](CC(=O)O)NC(=O)CC1CCCCC1)C(C)(C)C)C(=O)C(N)=O. The Morgan fingerprint density at radius 1 is 0.692 bits per heavy atom. The van der Waals surface area contributed by atoms with Gasteiger partial charge in [-0.2, -0.15) is 0 Å². The molecule has 7 amide bonds. The molecule has 1 fully saturated rings. The summed E-state index contributed by atoms with van der Waals surface area (Å²) in [4.78, 5) is 131. The number of benzene rings is 1. The van der Waals surface area contributed by atoms with Crippen molar-refractivity contribution in [3.63, 3.8) is 0 Å². The first-order valence-electron chi connectivity index (χ1n) is 22.6. The predicted octanol–water partition coefficient (Wildman–Crippen LogP) is 2.09. The summed E-state index contributed by atoms with van der Waals surface area (Å²) in [6.45, 7) is 12.3. The fraction of sp³-hybridized carbons (Fsp3) is 0.652. The maximum Gasteiger partial charge on any atom is 0.305 e. The van der Waals surface area contributed by atoms with Gasteiger partial charge in [-0.05, 0) is 67.4 Å². The molecule has 1 aliphatic rings. The van der Waals surface area contributed by atoms with E-state index >= 15 is 0 Å². The van der Waals surface area contributed by atoms with Crippen LogP contribution in [-0.2, 0) is 54.4 Å². The second kappa shape index (κ2) is 26.8. The molecule has 0 aliphatic heterocycles. The van der Waals surface area contributed by atoms with Gasteiger partial charge in [-0.3, -0.25) is 47.9 Å². The van der Waals surface area contributed by atoms with E-state index in [0.29, 0.717) is 18.4 Å². The molecule has 0 saturated heterocycles. The molecule has 10 N–H and O–H groups in total. The predicted molar refractivity (Wildman–Crippen MR) is 239 cm³/mol. The third-order valence-electron chi connectivity index (χ3n) is 11.3. The molecule has 362 valence electrons. The number of carbonyl (C=O) groups is 10. The quantitative estimate of drug-likeness (QED) is 0.0574. The number of nitrogens with one attached hydrogen (secondary N) is 6. The van der Waals surface area contributed by atoms with E-state index in [1.807, 2.05) is 20.8 Å². The zero-order valence-electron chi connectivity index (χ0n) is 38.9. The minimum Gasteiger partial charge on any atom is -0.481 e. The number of ketones is 1. The van der Waals surface area contributed by atoms with Gasteiger partial charge in [0.2, 0.25) is 41.2 Å². The Labute approximate surface area is 381 Å². The summed E-state index contributed by atoms with van der Waals surface area (Å²) < 4.78 is 0. The molecular weight excluding hydrogens is 843 g/mol. The van der Waals surface area contributed by atoms with Crippen LogP contribution in [0.15, 0.2) is 24.3 Å². The molecule has 1 saturated carbocycles. The summed E-state index contributed by atoms with van der Waals surface area (Å²) in [5.41, 5.74) is 5.60. The van der Waals surface area contributed by atoms with Gasteiger partial charge in [-0.15, -0.1) is 0 Å². The highest BCUT2D eigenvalue weighted by atomic mass is 16.4. The van der Waals surface area contributed by atoms with Crippen LogP contribution in [0.25, 0.3) is 0 Å². The Morgan fingerprint density at radius 2 is 1.25 bits per heavy atom. The fourth-order valence-electron chi connectivity index (χ4n) is 7.64. The average Bonchev–Trinajstić information content (AvgIpc) is 3.21. The number of aryl methyl sites for hydroxylation is 1. The van der Waals surface area contributed by atoms with Gasteiger partial charge in [-0.25, -0.2) is 0 Å². The number of primary amides is 1. The number of carboxylic acids is 2. The van der Waals surface area contributed by atoms with E-state index in [0.717, 1.165) is 37.7 Å². The lowest BCUT2D eigenvalue weighted by Gasteiger charge is -2.34. The van der Waals surface area contributed by atoms with Crippen LogP contribution in [0.4, 0.5) is 0 Å². The number of rotatable bonds is 27. The second-order valence-corrected chi connectivity index (χ2v) is 18.5. The first-order valence-corrected chi connectivity index (χ1v) is 22.6. The van der Waals surface area contributed by atoms with Crippen molar-refractivity contribution in [3.05, 3.63) is 35.4 Å². The van der Waals surface area contributed by atoms with Crippen molar-refractivity contribution in [3.8, 4) is 0 Å². The molecular formula is C46H71N7O12. The van der Waals surface area contributed by atoms with Crippen molar-refractivity contribution >= 4 is 59.1 Å². The number of amides is 7. The largest absolute Gasteiger partial charge is 0.481 e. The summed E-state index contributed by atoms with van der Waals surface area (Å²) in [6.07, 6.45) is 4.03. The number of nitrogens with two attached hydrogens (primary N) is 1. The van der Waals surface area contributed by atoms with E-state index in [-0.39, 0.29) is 37.5 Å². The van der Waals surface area contributed by atoms with Crippen molar-refractivity contribution < 1.29 is 58.2 Å². The Hall–Kier alpha value is -5.88. The normalized spacial score (nSPS) is 15.8. The van der Waals surface area contributed by atoms with Crippen LogP contribution in [0.2, 0.25) is 0 Å². The minimum absolute atomic E-state index is 0.0715. The first-order chi connectivity index (χ1) is 30.4. The number of hydrogen-bond donors (Lipinski definition) is 9. The van der Waals surface area contributed by atoms with E-state index in [4.69, 9.17) is 5.73 Å². The summed E-state index contributed by atoms with van der Waals surface area (Å²) in [7, 11) is 0. The van der Waals surface area contributed by atoms with Gasteiger partial charge in [-0.1, -0.05) is 97.9 Å². The Bertz CT molecular complexity index is 1860. The van der Waals surface area contributed by atoms with Crippen LogP contribution in [0.3, 0.4) is 0 Å². The van der Waals surface area contributed by atoms with Crippen LogP contribution in [0, 0.1) is 24.2 Å². The van der Waals surface area contributed by atoms with Gasteiger partial charge in [0.05, 0.1) is 12.5 Å². The summed E-state index contributed by atoms with van der Waals surface area (Å²) in [6, 6.07) is -1.44. The molecule has 1 aliphatic carbocycles. The van der Waals surface area contributed by atoms with Crippen molar-refractivity contribution in [2.45, 2.75) is 175 Å². The zero-order valence-corrected chi connectivity index (χ0v) is 38.9. The molecule has 1 aromatic rings. The van der Waals surface area contributed by atoms with E-state index in [2.05, 4.69) is 31.9 Å². The van der Waals surface area contributed by atoms with E-state index in [1.54, 1.807) is 52.0 Å². The van der Waals surface area contributed by atoms with Crippen LogP contribution in [0.1, 0.15) is 136 Å². The summed E-state index contributed by atoms with van der Waals surface area (Å²) in [5.74, 6) is -9.94. The van der Waals surface area contributed by atoms with Crippen molar-refractivity contribution in [2.75, 3.05) is 0 Å². The lowest BCUT2D eigenvalue weighted by atomic mass is 9.85. The lowest BCUT2D eigenvalue weighted by Crippen LogP contribution is -2.62. The summed E-state index contributed by atoms with van der Waals surface area (Å²) in [5, 5.41) is 34.6. The highest BCUT2D eigenvalue weighted by Crippen LogP contribution is 2.26. The van der Waals surface area contributed by atoms with E-state index in [9.17, 15) is 58.2 Å². The molecule has 19 heteroatoms. The van der Waals surface area contributed by atoms with Gasteiger partial charge in [0.1, 0.15) is 30.2 Å². The van der Waals surface area contributed by atoms with Gasteiger partial charge in [0.15, 0.2) is 0 Å². The van der Waals surface area contributed by atoms with Gasteiger partial charge < -0.3 is 47.8 Å². The van der Waals surface area contributed by atoms with Crippen LogP contribution < -0.4 is 37.6 Å². The number of aliphatic carboxylic acids is 2. The Balaban J connectivity index is 2.46. The molecule has 0 heterocycles. The zero-order chi connectivity index (χ0) is 49.0. The standard InChI is InChI=1S/C46H71N7O12/c1-8-9-19-30(38(59)40(47)60)49-42(62)32(22-26(2)3)52-45(65)39(46(5,6)7)53-44(64)33(24-29-18-14-13-15-27(29)4)51-41(61)31(20-21-36(55)56)50-43(63)34(25-37(57)58)48-35(54)23-28-16-11-10-12-17-28/h13-15,18,26,28,30-34,39H,8-12,16-17,19-25H2,1-7H3,(H2,47,60)(H,48,54)(H,49,62)(H,50,63)(H,51,61)(H,52,65)(H,53,64)(H,55,56)(H,57,58)/t30-,31-,32-,33-,34-,39+/m0/s1. The third kappa shape index (κ3) is 19.8. The molecule has 65 heavy (non-hydrogen) atoms. The minimum atomic E-state index is -1.61. The molecule has 6 atom stereocenters. The molecule has 1 aromatic carbocycles. The van der Waals surface area contributed by atoms with E-state index in [1.165, 1.54) is 0 Å². The molecule has 2 rings (SSSR count). The number of Topliss-reactive ketones (excluding diaryl/α,β-unsaturated/α-hetero) is 1. The maximum atomic E-state index is 14.4. The molecule has 0 spiro atoms. The highest BCUT2D eigenvalue weighted by molar-refractivity contribution is 6.37. The monoisotopic (exact) mass is 914 g/mol. The molecule has 0 radical (unpaired) electrons. The van der Waals surface area contributed by atoms with Crippen molar-refractivity contribution in [1.82, 2.24) is 31.9 Å². The van der Waals surface area contributed by atoms with E-state index < -0.39 is 120 Å². The topological polar surface area (TPSA) is 309 Å². The van der Waals surface area contributed by atoms with Gasteiger partial charge >= 0.3 is 11.9 Å². The fourth-order valence-corrected chi connectivity index (χ4v) is 7.64. The number of carboxylic acid groups (broad SMARTS) is 2. The molecule has 19 nitrogen and oxygen atoms in total. The van der Waals surface area contributed by atoms with Crippen molar-refractivity contribution in [1.29, 1.82) is 0 Å². The highest BCUT2D eigenvalue weighted by Gasteiger charge is 2.39. The molecule has 0 aromatic heterocycles. The molecule has 0 unspecified atom stereocenters. The lowest BCUT2D eigenvalue weighted by molar-refractivity contribution is -0.141. The number of unbranched alkanes of at least 4 members (excludes halogenated alkanes) is 1. The Kier molecular flexibility index (Phi) is 22.8. The molecule has 0 bridgehead atoms. The maximum absolute atomic E-state index is 14.4. The summed E-state index contributed by atoms with van der Waals surface area (Å²) >= 11 is 0. The van der Waals surface area contributed by atoms with Crippen LogP contribution in [0.5, 0.6) is 0 Å². The Morgan fingerprint density at radius 3 is 1.80 bits per heavy atom. The van der Waals surface area contributed by atoms with Crippen LogP contribution >= 0.6 is 0 Å². The first kappa shape index (κ1) is 55.3. The smallest absolute Gasteiger partial charge is 0.305 e. The van der Waals surface area contributed by atoms with Gasteiger partial charge in [0, 0.05) is 19.3 Å². The van der Waals surface area contributed by atoms with Crippen LogP contribution in [-0.4, -0.2) is 106 Å². The third-order valence-corrected chi connectivity index (χ3v) is 11.3.